The molecule has 3 aromatic rings. The molecule has 0 saturated heterocycles. The van der Waals surface area contributed by atoms with Crippen LogP contribution in [0.25, 0.3) is 11.0 Å². The summed E-state index contributed by atoms with van der Waals surface area (Å²) in [5, 5.41) is 16.4. The number of alkyl halides is 3. The van der Waals surface area contributed by atoms with Gasteiger partial charge in [-0.05, 0) is 49.9 Å². The summed E-state index contributed by atoms with van der Waals surface area (Å²) in [5.41, 5.74) is 3.13. The summed E-state index contributed by atoms with van der Waals surface area (Å²) in [5.74, 6) is -0.763. The Morgan fingerprint density at radius 2 is 1.97 bits per heavy atom. The second-order valence-corrected chi connectivity index (χ2v) is 8.77. The van der Waals surface area contributed by atoms with Gasteiger partial charge in [0.05, 0.1) is 17.1 Å². The molecule has 3 atom stereocenters. The maximum atomic E-state index is 12.3. The SMILES string of the molecule is CC(CCc1ccc(C(=O)NCC(F)(F)F)cc1)NC1CCn2c(=O)[nH]c3cccc(c32)C1O. The molecule has 2 heterocycles. The zero-order chi connectivity index (χ0) is 24.5. The van der Waals surface area contributed by atoms with E-state index in [0.717, 1.165) is 23.1 Å². The lowest BCUT2D eigenvalue weighted by Crippen LogP contribution is -2.41. The zero-order valence-corrected chi connectivity index (χ0v) is 18.7. The summed E-state index contributed by atoms with van der Waals surface area (Å²) in [7, 11) is 0. The van der Waals surface area contributed by atoms with Gasteiger partial charge in [0.15, 0.2) is 0 Å². The van der Waals surface area contributed by atoms with Crippen molar-refractivity contribution in [3.05, 3.63) is 69.6 Å². The second kappa shape index (κ2) is 9.63. The molecule has 1 aliphatic heterocycles. The van der Waals surface area contributed by atoms with Crippen LogP contribution in [0, 0.1) is 0 Å². The van der Waals surface area contributed by atoms with Gasteiger partial charge < -0.3 is 20.7 Å². The topological polar surface area (TPSA) is 99.2 Å². The van der Waals surface area contributed by atoms with E-state index in [1.54, 1.807) is 16.7 Å². The van der Waals surface area contributed by atoms with Crippen molar-refractivity contribution in [1.29, 1.82) is 0 Å². The Morgan fingerprint density at radius 3 is 2.68 bits per heavy atom. The Labute approximate surface area is 194 Å². The van der Waals surface area contributed by atoms with Gasteiger partial charge in [0.25, 0.3) is 5.91 Å². The summed E-state index contributed by atoms with van der Waals surface area (Å²) in [6.45, 7) is 1.15. The van der Waals surface area contributed by atoms with Crippen molar-refractivity contribution in [3.8, 4) is 0 Å². The number of nitrogens with one attached hydrogen (secondary N) is 3. The quantitative estimate of drug-likeness (QED) is 0.421. The monoisotopic (exact) mass is 476 g/mol. The number of hydrogen-bond donors (Lipinski definition) is 4. The maximum Gasteiger partial charge on any atom is 0.405 e. The number of nitrogens with zero attached hydrogens (tertiary/aromatic N) is 1. The molecule has 2 aromatic carbocycles. The van der Waals surface area contributed by atoms with Crippen LogP contribution in [0.5, 0.6) is 0 Å². The van der Waals surface area contributed by atoms with E-state index in [1.807, 2.05) is 30.4 Å². The lowest BCUT2D eigenvalue weighted by Gasteiger charge is -2.26. The Morgan fingerprint density at radius 1 is 1.24 bits per heavy atom. The van der Waals surface area contributed by atoms with E-state index < -0.39 is 24.7 Å². The second-order valence-electron chi connectivity index (χ2n) is 8.77. The van der Waals surface area contributed by atoms with Crippen LogP contribution >= 0.6 is 0 Å². The van der Waals surface area contributed by atoms with Gasteiger partial charge in [0.2, 0.25) is 0 Å². The lowest BCUT2D eigenvalue weighted by atomic mass is 9.98. The van der Waals surface area contributed by atoms with E-state index in [-0.39, 0.29) is 23.3 Å². The summed E-state index contributed by atoms with van der Waals surface area (Å²) in [6.07, 6.45) is -3.18. The number of carbonyl (C=O) groups is 1. The molecule has 0 fully saturated rings. The maximum absolute atomic E-state index is 12.3. The van der Waals surface area contributed by atoms with Crippen molar-refractivity contribution < 1.29 is 23.1 Å². The third-order valence-corrected chi connectivity index (χ3v) is 6.22. The van der Waals surface area contributed by atoms with Gasteiger partial charge in [-0.3, -0.25) is 9.36 Å². The number of benzene rings is 2. The van der Waals surface area contributed by atoms with Crippen LogP contribution in [0.4, 0.5) is 13.2 Å². The number of amides is 1. The Kier molecular flexibility index (Phi) is 6.81. The van der Waals surface area contributed by atoms with Gasteiger partial charge in [-0.1, -0.05) is 24.3 Å². The molecule has 0 radical (unpaired) electrons. The predicted molar refractivity (Wildman–Crippen MR) is 122 cm³/mol. The first-order valence-corrected chi connectivity index (χ1v) is 11.2. The molecule has 1 aromatic heterocycles. The fourth-order valence-electron chi connectivity index (χ4n) is 4.45. The molecular formula is C24H27F3N4O3. The highest BCUT2D eigenvalue weighted by Gasteiger charge is 2.29. The van der Waals surface area contributed by atoms with Gasteiger partial charge in [0.1, 0.15) is 6.54 Å². The number of hydrogen-bond acceptors (Lipinski definition) is 4. The summed E-state index contributed by atoms with van der Waals surface area (Å²) >= 11 is 0. The molecule has 4 N–H and O–H groups in total. The molecule has 34 heavy (non-hydrogen) atoms. The predicted octanol–water partition coefficient (Wildman–Crippen LogP) is 3.04. The Balaban J connectivity index is 1.33. The molecule has 0 bridgehead atoms. The van der Waals surface area contributed by atoms with E-state index in [2.05, 4.69) is 10.3 Å². The third-order valence-electron chi connectivity index (χ3n) is 6.22. The van der Waals surface area contributed by atoms with Gasteiger partial charge >= 0.3 is 11.9 Å². The van der Waals surface area contributed by atoms with Crippen LogP contribution in [-0.4, -0.2) is 45.4 Å². The van der Waals surface area contributed by atoms with Crippen LogP contribution < -0.4 is 16.3 Å². The highest BCUT2D eigenvalue weighted by molar-refractivity contribution is 5.94. The van der Waals surface area contributed by atoms with E-state index >= 15 is 0 Å². The largest absolute Gasteiger partial charge is 0.405 e. The first-order chi connectivity index (χ1) is 16.1. The average molecular weight is 476 g/mol. The standard InChI is InChI=1S/C24H27F3N4O3/c1-14(5-6-15-7-9-16(10-8-15)22(33)28-13-24(25,26)27)29-19-11-12-31-20-17(21(19)32)3-2-4-18(20)30-23(31)34/h2-4,7-10,14,19,21,29,32H,5-6,11-13H2,1H3,(H,28,33)(H,30,34). The molecule has 0 saturated carbocycles. The van der Waals surface area contributed by atoms with Crippen LogP contribution in [0.2, 0.25) is 0 Å². The van der Waals surface area contributed by atoms with Crippen molar-refractivity contribution in [2.75, 3.05) is 6.54 Å². The van der Waals surface area contributed by atoms with E-state index in [1.165, 1.54) is 12.1 Å². The number of para-hydroxylation sites is 1. The molecule has 182 valence electrons. The number of imidazole rings is 1. The third kappa shape index (κ3) is 5.34. The van der Waals surface area contributed by atoms with Crippen LogP contribution in [-0.2, 0) is 13.0 Å². The number of H-pyrrole nitrogens is 1. The van der Waals surface area contributed by atoms with Crippen molar-refractivity contribution in [1.82, 2.24) is 20.2 Å². The first-order valence-electron chi connectivity index (χ1n) is 11.2. The highest BCUT2D eigenvalue weighted by atomic mass is 19.4. The summed E-state index contributed by atoms with van der Waals surface area (Å²) in [4.78, 5) is 26.9. The number of aryl methyl sites for hydroxylation is 2. The normalized spacial score (nSPS) is 19.1. The molecule has 1 amide bonds. The number of aliphatic hydroxyl groups excluding tert-OH is 1. The first kappa shape index (κ1) is 24.0. The number of carbonyl (C=O) groups excluding carboxylic acids is 1. The molecule has 0 aliphatic carbocycles. The lowest BCUT2D eigenvalue weighted by molar-refractivity contribution is -0.123. The minimum Gasteiger partial charge on any atom is -0.387 e. The number of aromatic amines is 1. The fourth-order valence-corrected chi connectivity index (χ4v) is 4.45. The van der Waals surface area contributed by atoms with E-state index in [4.69, 9.17) is 0 Å². The molecule has 7 nitrogen and oxygen atoms in total. The fraction of sp³-hybridized carbons (Fsp3) is 0.417. The summed E-state index contributed by atoms with van der Waals surface area (Å²) < 4.78 is 38.5. The zero-order valence-electron chi connectivity index (χ0n) is 18.7. The Hall–Kier alpha value is -3.11. The van der Waals surface area contributed by atoms with E-state index in [9.17, 15) is 27.9 Å². The highest BCUT2D eigenvalue weighted by Crippen LogP contribution is 2.30. The van der Waals surface area contributed by atoms with Crippen molar-refractivity contribution in [2.24, 2.45) is 0 Å². The molecule has 4 rings (SSSR count). The molecule has 10 heteroatoms. The molecule has 1 aliphatic rings. The van der Waals surface area contributed by atoms with Crippen molar-refractivity contribution >= 4 is 16.9 Å². The number of halogens is 3. The molecule has 0 spiro atoms. The number of rotatable bonds is 7. The minimum absolute atomic E-state index is 0.0596. The number of aliphatic hydroxyl groups is 1. The minimum atomic E-state index is -4.45. The smallest absolute Gasteiger partial charge is 0.387 e. The molecular weight excluding hydrogens is 449 g/mol. The van der Waals surface area contributed by atoms with Crippen LogP contribution in [0.1, 0.15) is 47.4 Å². The van der Waals surface area contributed by atoms with E-state index in [0.29, 0.717) is 24.9 Å². The Bertz CT molecular complexity index is 1220. The van der Waals surface area contributed by atoms with Crippen LogP contribution in [0.15, 0.2) is 47.3 Å². The van der Waals surface area contributed by atoms with Gasteiger partial charge in [-0.2, -0.15) is 13.2 Å². The average Bonchev–Trinajstić information content (AvgIpc) is 3.05. The number of aromatic nitrogens is 2. The summed E-state index contributed by atoms with van der Waals surface area (Å²) in [6, 6.07) is 11.8. The van der Waals surface area contributed by atoms with Gasteiger partial charge in [0, 0.05) is 29.8 Å². The van der Waals surface area contributed by atoms with Crippen molar-refractivity contribution in [3.63, 3.8) is 0 Å². The molecule has 3 unspecified atom stereocenters. The van der Waals surface area contributed by atoms with Crippen LogP contribution in [0.3, 0.4) is 0 Å². The van der Waals surface area contributed by atoms with Gasteiger partial charge in [-0.15, -0.1) is 0 Å². The van der Waals surface area contributed by atoms with Crippen molar-refractivity contribution in [2.45, 2.75) is 57.1 Å². The van der Waals surface area contributed by atoms with Gasteiger partial charge in [-0.25, -0.2) is 4.79 Å².